The van der Waals surface area contributed by atoms with E-state index in [2.05, 4.69) is 9.73 Å². The van der Waals surface area contributed by atoms with E-state index in [0.29, 0.717) is 6.54 Å². The van der Waals surface area contributed by atoms with Gasteiger partial charge in [0.2, 0.25) is 0 Å². The van der Waals surface area contributed by atoms with E-state index in [4.69, 9.17) is 0 Å². The molecule has 6 heteroatoms. The topological polar surface area (TPSA) is 26.5 Å². The lowest BCUT2D eigenvalue weighted by molar-refractivity contribution is -0.274. The Hall–Kier alpha value is -3.02. The molecule has 0 aliphatic heterocycles. The molecule has 0 saturated heterocycles. The van der Waals surface area contributed by atoms with Crippen molar-refractivity contribution in [1.82, 2.24) is 4.57 Å². The molecular formula is C20H17F3N2O. The van der Waals surface area contributed by atoms with Gasteiger partial charge >= 0.3 is 6.36 Å². The van der Waals surface area contributed by atoms with Crippen LogP contribution in [0.1, 0.15) is 16.8 Å². The third-order valence-corrected chi connectivity index (χ3v) is 3.75. The molecule has 2 aromatic carbocycles. The van der Waals surface area contributed by atoms with E-state index in [1.165, 1.54) is 17.7 Å². The van der Waals surface area contributed by atoms with Crippen LogP contribution in [0.25, 0.3) is 5.69 Å². The maximum absolute atomic E-state index is 12.2. The highest BCUT2D eigenvalue weighted by molar-refractivity contribution is 5.78. The highest BCUT2D eigenvalue weighted by atomic mass is 19.4. The van der Waals surface area contributed by atoms with Gasteiger partial charge in [-0.05, 0) is 48.9 Å². The lowest BCUT2D eigenvalue weighted by atomic mass is 10.1. The minimum Gasteiger partial charge on any atom is -0.406 e. The molecule has 1 aromatic heterocycles. The van der Waals surface area contributed by atoms with Crippen molar-refractivity contribution in [3.63, 3.8) is 0 Å². The first-order valence-electron chi connectivity index (χ1n) is 8.00. The van der Waals surface area contributed by atoms with Gasteiger partial charge in [-0.25, -0.2) is 0 Å². The molecule has 0 radical (unpaired) electrons. The smallest absolute Gasteiger partial charge is 0.406 e. The fourth-order valence-corrected chi connectivity index (χ4v) is 2.48. The normalized spacial score (nSPS) is 11.8. The molecule has 0 aliphatic carbocycles. The first-order chi connectivity index (χ1) is 12.4. The van der Waals surface area contributed by atoms with Gasteiger partial charge in [0.05, 0.1) is 12.2 Å². The second-order valence-electron chi connectivity index (χ2n) is 5.80. The second-order valence-corrected chi connectivity index (χ2v) is 5.80. The Morgan fingerprint density at radius 2 is 1.69 bits per heavy atom. The van der Waals surface area contributed by atoms with Crippen LogP contribution in [0.2, 0.25) is 0 Å². The van der Waals surface area contributed by atoms with Gasteiger partial charge in [0.25, 0.3) is 0 Å². The molecule has 0 saturated carbocycles. The molecule has 0 unspecified atom stereocenters. The van der Waals surface area contributed by atoms with Crippen LogP contribution in [0.15, 0.2) is 71.9 Å². The van der Waals surface area contributed by atoms with E-state index in [0.717, 1.165) is 16.9 Å². The minimum absolute atomic E-state index is 0.247. The Balaban J connectivity index is 1.71. The van der Waals surface area contributed by atoms with Crippen molar-refractivity contribution in [2.24, 2.45) is 4.99 Å². The molecule has 0 N–H and O–H groups in total. The molecule has 0 spiro atoms. The van der Waals surface area contributed by atoms with Gasteiger partial charge in [-0.3, -0.25) is 4.99 Å². The molecule has 26 heavy (non-hydrogen) atoms. The van der Waals surface area contributed by atoms with Crippen LogP contribution in [0.3, 0.4) is 0 Å². The Morgan fingerprint density at radius 3 is 2.35 bits per heavy atom. The minimum atomic E-state index is -4.69. The van der Waals surface area contributed by atoms with Crippen LogP contribution in [-0.4, -0.2) is 17.1 Å². The van der Waals surface area contributed by atoms with E-state index < -0.39 is 6.36 Å². The summed E-state index contributed by atoms with van der Waals surface area (Å²) in [5, 5.41) is 0. The molecule has 0 fully saturated rings. The maximum Gasteiger partial charge on any atom is 0.573 e. The monoisotopic (exact) mass is 358 g/mol. The van der Waals surface area contributed by atoms with Crippen molar-refractivity contribution in [1.29, 1.82) is 0 Å². The molecule has 3 nitrogen and oxygen atoms in total. The van der Waals surface area contributed by atoms with Crippen LogP contribution in [0.4, 0.5) is 13.2 Å². The lowest BCUT2D eigenvalue weighted by Gasteiger charge is -2.10. The van der Waals surface area contributed by atoms with Crippen molar-refractivity contribution < 1.29 is 17.9 Å². The molecule has 3 aromatic rings. The first kappa shape index (κ1) is 17.8. The van der Waals surface area contributed by atoms with Crippen LogP contribution in [0.5, 0.6) is 5.75 Å². The largest absolute Gasteiger partial charge is 0.573 e. The standard InChI is InChI=1S/C20H17F3N2O/c1-15-4-6-16(7-5-15)13-24-14-18-3-2-12-25(18)17-8-10-19(11-9-17)26-20(21,22)23/h2-12,14H,13H2,1H3. The Morgan fingerprint density at radius 1 is 1.00 bits per heavy atom. The number of halogens is 3. The lowest BCUT2D eigenvalue weighted by Crippen LogP contribution is -2.17. The third kappa shape index (κ3) is 4.75. The third-order valence-electron chi connectivity index (χ3n) is 3.75. The number of aliphatic imine (C=N–C) groups is 1. The van der Waals surface area contributed by atoms with E-state index in [1.807, 2.05) is 54.1 Å². The molecular weight excluding hydrogens is 341 g/mol. The molecule has 0 amide bonds. The number of alkyl halides is 3. The Labute approximate surface area is 149 Å². The van der Waals surface area contributed by atoms with Gasteiger partial charge in [0, 0.05) is 18.1 Å². The fourth-order valence-electron chi connectivity index (χ4n) is 2.48. The summed E-state index contributed by atoms with van der Waals surface area (Å²) in [7, 11) is 0. The second kappa shape index (κ2) is 7.47. The summed E-state index contributed by atoms with van der Waals surface area (Å²) in [4.78, 5) is 4.45. The fraction of sp³-hybridized carbons (Fsp3) is 0.150. The van der Waals surface area contributed by atoms with Crippen LogP contribution in [0, 0.1) is 6.92 Å². The van der Waals surface area contributed by atoms with Gasteiger partial charge < -0.3 is 9.30 Å². The maximum atomic E-state index is 12.2. The quantitative estimate of drug-likeness (QED) is 0.568. The van der Waals surface area contributed by atoms with E-state index in [1.54, 1.807) is 18.3 Å². The number of ether oxygens (including phenoxy) is 1. The van der Waals surface area contributed by atoms with Crippen LogP contribution in [-0.2, 0) is 6.54 Å². The molecule has 0 bridgehead atoms. The van der Waals surface area contributed by atoms with Crippen LogP contribution < -0.4 is 4.74 Å². The summed E-state index contributed by atoms with van der Waals surface area (Å²) in [6.45, 7) is 2.59. The summed E-state index contributed by atoms with van der Waals surface area (Å²) >= 11 is 0. The van der Waals surface area contributed by atoms with E-state index >= 15 is 0 Å². The molecule has 0 aliphatic rings. The molecule has 3 rings (SSSR count). The van der Waals surface area contributed by atoms with Gasteiger partial charge in [0.15, 0.2) is 0 Å². The Kier molecular flexibility index (Phi) is 5.11. The highest BCUT2D eigenvalue weighted by Gasteiger charge is 2.30. The number of benzene rings is 2. The zero-order chi connectivity index (χ0) is 18.6. The molecule has 1 heterocycles. The first-order valence-corrected chi connectivity index (χ1v) is 8.00. The summed E-state index contributed by atoms with van der Waals surface area (Å²) in [5.41, 5.74) is 3.87. The number of hydrogen-bond acceptors (Lipinski definition) is 2. The summed E-state index contributed by atoms with van der Waals surface area (Å²) in [6, 6.07) is 17.6. The number of hydrogen-bond donors (Lipinski definition) is 0. The summed E-state index contributed by atoms with van der Waals surface area (Å²) < 4.78 is 42.4. The SMILES string of the molecule is Cc1ccc(CN=Cc2cccn2-c2ccc(OC(F)(F)F)cc2)cc1. The van der Waals surface area contributed by atoms with Crippen LogP contribution >= 0.6 is 0 Å². The highest BCUT2D eigenvalue weighted by Crippen LogP contribution is 2.24. The summed E-state index contributed by atoms with van der Waals surface area (Å²) in [6.07, 6.45) is -1.12. The van der Waals surface area contributed by atoms with E-state index in [9.17, 15) is 13.2 Å². The van der Waals surface area contributed by atoms with Gasteiger partial charge in [-0.15, -0.1) is 13.2 Å². The van der Waals surface area contributed by atoms with Crippen molar-refractivity contribution in [2.75, 3.05) is 0 Å². The number of rotatable bonds is 5. The average Bonchev–Trinajstić information content (AvgIpc) is 3.04. The Bertz CT molecular complexity index is 879. The number of aromatic nitrogens is 1. The average molecular weight is 358 g/mol. The molecule has 134 valence electrons. The predicted molar refractivity (Wildman–Crippen MR) is 94.9 cm³/mol. The zero-order valence-electron chi connectivity index (χ0n) is 14.1. The van der Waals surface area contributed by atoms with Crippen molar-refractivity contribution in [3.05, 3.63) is 83.7 Å². The van der Waals surface area contributed by atoms with Crippen molar-refractivity contribution >= 4 is 6.21 Å². The predicted octanol–water partition coefficient (Wildman–Crippen LogP) is 5.30. The van der Waals surface area contributed by atoms with Gasteiger partial charge in [-0.1, -0.05) is 29.8 Å². The zero-order valence-corrected chi connectivity index (χ0v) is 14.1. The van der Waals surface area contributed by atoms with Gasteiger partial charge in [0.1, 0.15) is 5.75 Å². The van der Waals surface area contributed by atoms with Gasteiger partial charge in [-0.2, -0.15) is 0 Å². The van der Waals surface area contributed by atoms with Crippen molar-refractivity contribution in [3.8, 4) is 11.4 Å². The number of aryl methyl sites for hydroxylation is 1. The van der Waals surface area contributed by atoms with Crippen molar-refractivity contribution in [2.45, 2.75) is 19.8 Å². The number of nitrogens with zero attached hydrogens (tertiary/aromatic N) is 2. The summed E-state index contributed by atoms with van der Waals surface area (Å²) in [5.74, 6) is -0.247. The van der Waals surface area contributed by atoms with E-state index in [-0.39, 0.29) is 5.75 Å². The molecule has 0 atom stereocenters.